The van der Waals surface area contributed by atoms with E-state index in [4.69, 9.17) is 16.3 Å². The Labute approximate surface area is 132 Å². The van der Waals surface area contributed by atoms with Crippen LogP contribution in [0.2, 0.25) is 0 Å². The van der Waals surface area contributed by atoms with Crippen LogP contribution >= 0.6 is 0 Å². The van der Waals surface area contributed by atoms with Gasteiger partial charge < -0.3 is 20.8 Å². The third-order valence-corrected chi connectivity index (χ3v) is 2.69. The molecule has 1 aromatic carbocycles. The Hall–Kier alpha value is -2.21. The first-order valence-electron chi connectivity index (χ1n) is 7.20. The molecule has 0 aliphatic heterocycles. The van der Waals surface area contributed by atoms with E-state index in [1.807, 2.05) is 52.0 Å². The quantitative estimate of drug-likeness (QED) is 0.571. The van der Waals surface area contributed by atoms with Gasteiger partial charge in [0.05, 0.1) is 12.2 Å². The zero-order valence-electron chi connectivity index (χ0n) is 13.7. The van der Waals surface area contributed by atoms with Crippen molar-refractivity contribution in [3.05, 3.63) is 41.6 Å². The van der Waals surface area contributed by atoms with Crippen LogP contribution in [0, 0.1) is 6.92 Å². The number of nitrogens with zero attached hydrogens (tertiary/aromatic N) is 1. The van der Waals surface area contributed by atoms with Gasteiger partial charge in [0.15, 0.2) is 0 Å². The second kappa shape index (κ2) is 7.70. The highest BCUT2D eigenvalue weighted by molar-refractivity contribution is 5.67. The number of benzene rings is 1. The third kappa shape index (κ3) is 6.99. The van der Waals surface area contributed by atoms with E-state index in [2.05, 4.69) is 5.32 Å². The Kier molecular flexibility index (Phi) is 6.24. The summed E-state index contributed by atoms with van der Waals surface area (Å²) in [4.78, 5) is 11.5. The molecule has 0 bridgehead atoms. The molecule has 0 aliphatic carbocycles. The lowest BCUT2D eigenvalue weighted by Gasteiger charge is -2.20. The molecule has 0 fully saturated rings. The highest BCUT2D eigenvalue weighted by Gasteiger charge is 2.15. The van der Waals surface area contributed by atoms with E-state index < -0.39 is 11.7 Å². The van der Waals surface area contributed by atoms with Crippen molar-refractivity contribution in [3.63, 3.8) is 0 Å². The molecule has 6 nitrogen and oxygen atoms in total. The Balaban J connectivity index is 2.44. The SMILES string of the molecule is Cc1cccc(/C(N)=C/N(N)CCNC(=O)OC(C)(C)C)c1. The van der Waals surface area contributed by atoms with E-state index >= 15 is 0 Å². The molecule has 22 heavy (non-hydrogen) atoms. The number of hydrogen-bond acceptors (Lipinski definition) is 5. The first kappa shape index (κ1) is 17.8. The van der Waals surface area contributed by atoms with Gasteiger partial charge in [0.2, 0.25) is 0 Å². The summed E-state index contributed by atoms with van der Waals surface area (Å²) >= 11 is 0. The predicted molar refractivity (Wildman–Crippen MR) is 88.5 cm³/mol. The standard InChI is InChI=1S/C16H26N4O2/c1-12-6-5-7-13(10-12)14(17)11-20(18)9-8-19-15(21)22-16(2,3)4/h5-7,10-11H,8-9,17-18H2,1-4H3,(H,19,21)/b14-11-. The number of alkyl carbamates (subject to hydrolysis) is 1. The first-order valence-corrected chi connectivity index (χ1v) is 7.20. The van der Waals surface area contributed by atoms with Crippen LogP contribution in [0.25, 0.3) is 5.70 Å². The average Bonchev–Trinajstić information content (AvgIpc) is 2.36. The fraction of sp³-hybridized carbons (Fsp3) is 0.438. The molecule has 0 heterocycles. The molecule has 0 saturated heterocycles. The minimum absolute atomic E-state index is 0.364. The number of nitrogens with one attached hydrogen (secondary N) is 1. The van der Waals surface area contributed by atoms with Crippen LogP contribution < -0.4 is 16.9 Å². The van der Waals surface area contributed by atoms with Gasteiger partial charge in [0.1, 0.15) is 5.60 Å². The van der Waals surface area contributed by atoms with Crippen molar-refractivity contribution in [1.82, 2.24) is 10.3 Å². The molecule has 0 aliphatic rings. The van der Waals surface area contributed by atoms with Crippen LogP contribution in [-0.4, -0.2) is 29.8 Å². The zero-order chi connectivity index (χ0) is 16.8. The summed E-state index contributed by atoms with van der Waals surface area (Å²) in [6.45, 7) is 8.23. The molecule has 1 aromatic rings. The lowest BCUT2D eigenvalue weighted by atomic mass is 10.1. The summed E-state index contributed by atoms with van der Waals surface area (Å²) in [6.07, 6.45) is 1.18. The Morgan fingerprint density at radius 3 is 2.68 bits per heavy atom. The van der Waals surface area contributed by atoms with Gasteiger partial charge >= 0.3 is 6.09 Å². The molecule has 122 valence electrons. The molecule has 0 saturated carbocycles. The van der Waals surface area contributed by atoms with E-state index in [1.54, 1.807) is 6.20 Å². The van der Waals surface area contributed by atoms with Crippen LogP contribution in [0.15, 0.2) is 30.5 Å². The van der Waals surface area contributed by atoms with Gasteiger partial charge in [-0.25, -0.2) is 10.6 Å². The molecule has 5 N–H and O–H groups in total. The Morgan fingerprint density at radius 2 is 2.09 bits per heavy atom. The largest absolute Gasteiger partial charge is 0.444 e. The average molecular weight is 306 g/mol. The van der Waals surface area contributed by atoms with Crippen LogP contribution in [0.5, 0.6) is 0 Å². The number of carbonyl (C=O) groups is 1. The smallest absolute Gasteiger partial charge is 0.407 e. The van der Waals surface area contributed by atoms with Crippen molar-refractivity contribution in [2.75, 3.05) is 13.1 Å². The molecule has 1 rings (SSSR count). The molecule has 0 unspecified atom stereocenters. The summed E-state index contributed by atoms with van der Waals surface area (Å²) in [5, 5.41) is 4.08. The number of hydrazine groups is 1. The first-order chi connectivity index (χ1) is 10.2. The normalized spacial score (nSPS) is 12.0. The van der Waals surface area contributed by atoms with Crippen molar-refractivity contribution in [3.8, 4) is 0 Å². The summed E-state index contributed by atoms with van der Waals surface area (Å²) in [5.74, 6) is 5.85. The summed E-state index contributed by atoms with van der Waals surface area (Å²) in [5.41, 5.74) is 8.11. The van der Waals surface area contributed by atoms with E-state index in [9.17, 15) is 4.79 Å². The second-order valence-electron chi connectivity index (χ2n) is 6.12. The van der Waals surface area contributed by atoms with Crippen molar-refractivity contribution in [1.29, 1.82) is 0 Å². The van der Waals surface area contributed by atoms with E-state index in [1.165, 1.54) is 5.01 Å². The number of carbonyl (C=O) groups excluding carboxylic acids is 1. The summed E-state index contributed by atoms with van der Waals surface area (Å²) in [7, 11) is 0. The molecular formula is C16H26N4O2. The minimum Gasteiger partial charge on any atom is -0.444 e. The lowest BCUT2D eigenvalue weighted by molar-refractivity contribution is 0.0524. The molecule has 6 heteroatoms. The maximum atomic E-state index is 11.5. The Morgan fingerprint density at radius 1 is 1.41 bits per heavy atom. The van der Waals surface area contributed by atoms with Gasteiger partial charge in [-0.05, 0) is 39.3 Å². The van der Waals surface area contributed by atoms with Gasteiger partial charge in [0, 0.05) is 12.7 Å². The number of nitrogens with two attached hydrogens (primary N) is 2. The molecule has 0 atom stereocenters. The van der Waals surface area contributed by atoms with Crippen molar-refractivity contribution >= 4 is 11.8 Å². The van der Waals surface area contributed by atoms with Crippen LogP contribution in [0.3, 0.4) is 0 Å². The van der Waals surface area contributed by atoms with E-state index in [0.717, 1.165) is 11.1 Å². The highest BCUT2D eigenvalue weighted by atomic mass is 16.6. The van der Waals surface area contributed by atoms with E-state index in [-0.39, 0.29) is 0 Å². The number of ether oxygens (including phenoxy) is 1. The Bertz CT molecular complexity index is 535. The van der Waals surface area contributed by atoms with Crippen molar-refractivity contribution in [2.45, 2.75) is 33.3 Å². The number of hydrogen-bond donors (Lipinski definition) is 3. The molecule has 0 spiro atoms. The highest BCUT2D eigenvalue weighted by Crippen LogP contribution is 2.11. The van der Waals surface area contributed by atoms with Gasteiger partial charge in [-0.15, -0.1) is 0 Å². The molecular weight excluding hydrogens is 280 g/mol. The fourth-order valence-electron chi connectivity index (χ4n) is 1.74. The van der Waals surface area contributed by atoms with Crippen LogP contribution in [-0.2, 0) is 4.74 Å². The summed E-state index contributed by atoms with van der Waals surface area (Å²) < 4.78 is 5.13. The van der Waals surface area contributed by atoms with Gasteiger partial charge in [-0.2, -0.15) is 0 Å². The zero-order valence-corrected chi connectivity index (χ0v) is 13.7. The number of rotatable bonds is 5. The molecule has 0 aromatic heterocycles. The maximum Gasteiger partial charge on any atom is 0.407 e. The van der Waals surface area contributed by atoms with Crippen molar-refractivity contribution < 1.29 is 9.53 Å². The molecule has 1 amide bonds. The maximum absolute atomic E-state index is 11.5. The monoisotopic (exact) mass is 306 g/mol. The van der Waals surface area contributed by atoms with Gasteiger partial charge in [-0.1, -0.05) is 23.8 Å². The van der Waals surface area contributed by atoms with Gasteiger partial charge in [0.25, 0.3) is 0 Å². The lowest BCUT2D eigenvalue weighted by Crippen LogP contribution is -2.38. The minimum atomic E-state index is -0.512. The van der Waals surface area contributed by atoms with Crippen LogP contribution in [0.1, 0.15) is 31.9 Å². The predicted octanol–water partition coefficient (Wildman–Crippen LogP) is 1.95. The number of amides is 1. The van der Waals surface area contributed by atoms with E-state index in [0.29, 0.717) is 18.8 Å². The number of aryl methyl sites for hydroxylation is 1. The van der Waals surface area contributed by atoms with Crippen molar-refractivity contribution in [2.24, 2.45) is 11.6 Å². The van der Waals surface area contributed by atoms with Crippen LogP contribution in [0.4, 0.5) is 4.79 Å². The fourth-order valence-corrected chi connectivity index (χ4v) is 1.74. The van der Waals surface area contributed by atoms with Gasteiger partial charge in [-0.3, -0.25) is 0 Å². The molecule has 0 radical (unpaired) electrons. The topological polar surface area (TPSA) is 93.6 Å². The summed E-state index contributed by atoms with van der Waals surface area (Å²) in [6, 6.07) is 7.85. The second-order valence-corrected chi connectivity index (χ2v) is 6.12. The third-order valence-electron chi connectivity index (χ3n) is 2.69.